The zero-order chi connectivity index (χ0) is 14.1. The molecule has 0 bridgehead atoms. The zero-order valence-corrected chi connectivity index (χ0v) is 12.0. The van der Waals surface area contributed by atoms with E-state index in [2.05, 4.69) is 41.1 Å². The first-order chi connectivity index (χ1) is 9.63. The van der Waals surface area contributed by atoms with E-state index in [9.17, 15) is 4.79 Å². The van der Waals surface area contributed by atoms with Crippen LogP contribution in [0.5, 0.6) is 0 Å². The molecule has 0 radical (unpaired) electrons. The van der Waals surface area contributed by atoms with Gasteiger partial charge in [0.15, 0.2) is 5.43 Å². The molecule has 0 unspecified atom stereocenters. The van der Waals surface area contributed by atoms with Crippen LogP contribution >= 0.6 is 0 Å². The highest BCUT2D eigenvalue weighted by Gasteiger charge is 2.20. The third kappa shape index (κ3) is 2.83. The van der Waals surface area contributed by atoms with Crippen LogP contribution < -0.4 is 10.7 Å². The van der Waals surface area contributed by atoms with E-state index in [1.54, 1.807) is 6.07 Å². The van der Waals surface area contributed by atoms with E-state index >= 15 is 0 Å². The first-order valence-electron chi connectivity index (χ1n) is 7.16. The first kappa shape index (κ1) is 13.1. The van der Waals surface area contributed by atoms with Crippen molar-refractivity contribution in [2.45, 2.75) is 39.3 Å². The molecule has 1 saturated carbocycles. The number of nitrogens with zero attached hydrogens (tertiary/aromatic N) is 1. The zero-order valence-electron chi connectivity index (χ0n) is 12.0. The van der Waals surface area contributed by atoms with Crippen molar-refractivity contribution in [3.63, 3.8) is 0 Å². The molecule has 0 amide bonds. The summed E-state index contributed by atoms with van der Waals surface area (Å²) in [4.78, 5) is 12.1. The van der Waals surface area contributed by atoms with Crippen molar-refractivity contribution in [1.29, 1.82) is 0 Å². The average Bonchev–Trinajstić information content (AvgIpc) is 3.23. The van der Waals surface area contributed by atoms with Crippen LogP contribution in [-0.4, -0.2) is 10.6 Å². The number of hydrogen-bond donors (Lipinski definition) is 1. The van der Waals surface area contributed by atoms with Crippen LogP contribution in [0.15, 0.2) is 41.3 Å². The van der Waals surface area contributed by atoms with Gasteiger partial charge < -0.3 is 9.88 Å². The molecule has 0 atom stereocenters. The van der Waals surface area contributed by atoms with E-state index in [4.69, 9.17) is 0 Å². The van der Waals surface area contributed by atoms with Gasteiger partial charge in [-0.25, -0.2) is 0 Å². The molecule has 1 N–H and O–H groups in total. The summed E-state index contributed by atoms with van der Waals surface area (Å²) >= 11 is 0. The molecule has 1 aromatic heterocycles. The molecular formula is C17H20N2O. The first-order valence-corrected chi connectivity index (χ1v) is 7.16. The Kier molecular flexibility index (Phi) is 3.45. The van der Waals surface area contributed by atoms with Crippen molar-refractivity contribution in [3.8, 4) is 5.69 Å². The maximum Gasteiger partial charge on any atom is 0.186 e. The Hall–Kier alpha value is -1.87. The molecule has 0 saturated heterocycles. The van der Waals surface area contributed by atoms with Gasteiger partial charge in [-0.05, 0) is 38.8 Å². The van der Waals surface area contributed by atoms with Crippen molar-refractivity contribution in [2.24, 2.45) is 0 Å². The molecule has 0 spiro atoms. The second-order valence-electron chi connectivity index (χ2n) is 5.67. The number of rotatable bonds is 4. The van der Waals surface area contributed by atoms with Gasteiger partial charge in [0.1, 0.15) is 0 Å². The van der Waals surface area contributed by atoms with Crippen LogP contribution in [0.25, 0.3) is 5.69 Å². The fraction of sp³-hybridized carbons (Fsp3) is 0.353. The van der Waals surface area contributed by atoms with Crippen molar-refractivity contribution in [3.05, 3.63) is 63.6 Å². The summed E-state index contributed by atoms with van der Waals surface area (Å²) in [6.45, 7) is 4.71. The van der Waals surface area contributed by atoms with Gasteiger partial charge in [0.2, 0.25) is 0 Å². The Morgan fingerprint density at radius 3 is 2.55 bits per heavy atom. The maximum atomic E-state index is 12.1. The Morgan fingerprint density at radius 1 is 1.20 bits per heavy atom. The molecule has 1 aromatic carbocycles. The van der Waals surface area contributed by atoms with Crippen LogP contribution in [0.4, 0.5) is 0 Å². The molecule has 1 fully saturated rings. The van der Waals surface area contributed by atoms with Crippen molar-refractivity contribution in [1.82, 2.24) is 9.88 Å². The lowest BCUT2D eigenvalue weighted by Gasteiger charge is -2.13. The minimum atomic E-state index is 0.124. The van der Waals surface area contributed by atoms with Crippen molar-refractivity contribution < 1.29 is 0 Å². The number of aryl methyl sites for hydroxylation is 2. The SMILES string of the molecule is Cc1ccc(-n2cc(CNC3CC3)c(=O)cc2C)cc1. The fourth-order valence-corrected chi connectivity index (χ4v) is 2.33. The summed E-state index contributed by atoms with van der Waals surface area (Å²) < 4.78 is 2.09. The lowest BCUT2D eigenvalue weighted by Crippen LogP contribution is -2.22. The third-order valence-corrected chi connectivity index (χ3v) is 3.79. The predicted molar refractivity (Wildman–Crippen MR) is 81.4 cm³/mol. The highest BCUT2D eigenvalue weighted by molar-refractivity contribution is 5.37. The summed E-state index contributed by atoms with van der Waals surface area (Å²) in [6, 6.07) is 10.7. The van der Waals surface area contributed by atoms with E-state index in [1.807, 2.05) is 13.1 Å². The maximum absolute atomic E-state index is 12.1. The summed E-state index contributed by atoms with van der Waals surface area (Å²) in [6.07, 6.45) is 4.44. The molecule has 3 rings (SSSR count). The number of benzene rings is 1. The van der Waals surface area contributed by atoms with E-state index in [0.29, 0.717) is 12.6 Å². The van der Waals surface area contributed by atoms with Gasteiger partial charge in [0.25, 0.3) is 0 Å². The molecule has 3 nitrogen and oxygen atoms in total. The fourth-order valence-electron chi connectivity index (χ4n) is 2.33. The molecule has 2 aromatic rings. The van der Waals surface area contributed by atoms with E-state index in [1.165, 1.54) is 18.4 Å². The topological polar surface area (TPSA) is 34.0 Å². The smallest absolute Gasteiger partial charge is 0.186 e. The molecule has 104 valence electrons. The van der Waals surface area contributed by atoms with Crippen LogP contribution in [0.2, 0.25) is 0 Å². The molecule has 1 heterocycles. The van der Waals surface area contributed by atoms with Crippen LogP contribution in [0.3, 0.4) is 0 Å². The second kappa shape index (κ2) is 5.25. The number of aromatic nitrogens is 1. The minimum absolute atomic E-state index is 0.124. The van der Waals surface area contributed by atoms with Crippen LogP contribution in [-0.2, 0) is 6.54 Å². The molecular weight excluding hydrogens is 248 g/mol. The molecule has 0 aliphatic heterocycles. The monoisotopic (exact) mass is 268 g/mol. The predicted octanol–water partition coefficient (Wildman–Crippen LogP) is 2.71. The number of pyridine rings is 1. The quantitative estimate of drug-likeness (QED) is 0.925. The van der Waals surface area contributed by atoms with Gasteiger partial charge in [-0.1, -0.05) is 17.7 Å². The Balaban J connectivity index is 1.94. The average molecular weight is 268 g/mol. The Morgan fingerprint density at radius 2 is 1.90 bits per heavy atom. The highest BCUT2D eigenvalue weighted by atomic mass is 16.1. The molecule has 20 heavy (non-hydrogen) atoms. The van der Waals surface area contributed by atoms with Gasteiger partial charge in [-0.3, -0.25) is 4.79 Å². The Bertz CT molecular complexity index is 666. The lowest BCUT2D eigenvalue weighted by molar-refractivity contribution is 0.679. The van der Waals surface area contributed by atoms with Gasteiger partial charge >= 0.3 is 0 Å². The summed E-state index contributed by atoms with van der Waals surface area (Å²) in [5.74, 6) is 0. The van der Waals surface area contributed by atoms with Crippen LogP contribution in [0.1, 0.15) is 29.7 Å². The largest absolute Gasteiger partial charge is 0.321 e. The number of hydrogen-bond acceptors (Lipinski definition) is 2. The van der Waals surface area contributed by atoms with Gasteiger partial charge in [-0.2, -0.15) is 0 Å². The van der Waals surface area contributed by atoms with Gasteiger partial charge in [0, 0.05) is 41.8 Å². The third-order valence-electron chi connectivity index (χ3n) is 3.79. The van der Waals surface area contributed by atoms with Gasteiger partial charge in [-0.15, -0.1) is 0 Å². The minimum Gasteiger partial charge on any atom is -0.321 e. The van der Waals surface area contributed by atoms with E-state index in [-0.39, 0.29) is 5.43 Å². The summed E-state index contributed by atoms with van der Waals surface area (Å²) in [5.41, 5.74) is 4.26. The summed E-state index contributed by atoms with van der Waals surface area (Å²) in [5, 5.41) is 3.41. The van der Waals surface area contributed by atoms with Crippen molar-refractivity contribution in [2.75, 3.05) is 0 Å². The normalized spacial score (nSPS) is 14.5. The second-order valence-corrected chi connectivity index (χ2v) is 5.67. The van der Waals surface area contributed by atoms with Gasteiger partial charge in [0.05, 0.1) is 0 Å². The molecule has 3 heteroatoms. The number of nitrogens with one attached hydrogen (secondary N) is 1. The molecule has 1 aliphatic carbocycles. The lowest BCUT2D eigenvalue weighted by atomic mass is 10.2. The standard InChI is InChI=1S/C17H20N2O/c1-12-3-7-16(8-4-12)19-11-14(10-18-15-5-6-15)17(20)9-13(19)2/h3-4,7-9,11,15,18H,5-6,10H2,1-2H3. The van der Waals surface area contributed by atoms with E-state index in [0.717, 1.165) is 16.9 Å². The molecule has 1 aliphatic rings. The van der Waals surface area contributed by atoms with Crippen molar-refractivity contribution >= 4 is 0 Å². The van der Waals surface area contributed by atoms with E-state index < -0.39 is 0 Å². The summed E-state index contributed by atoms with van der Waals surface area (Å²) in [7, 11) is 0. The Labute approximate surface area is 119 Å². The van der Waals surface area contributed by atoms with Crippen LogP contribution in [0, 0.1) is 13.8 Å². The highest BCUT2D eigenvalue weighted by Crippen LogP contribution is 2.19.